The van der Waals surface area contributed by atoms with Gasteiger partial charge in [-0.1, -0.05) is 0 Å². The zero-order valence-electron chi connectivity index (χ0n) is 7.45. The highest BCUT2D eigenvalue weighted by atomic mass is 79.9. The molecule has 14 heavy (non-hydrogen) atoms. The van der Waals surface area contributed by atoms with Crippen LogP contribution < -0.4 is 16.8 Å². The number of aromatic nitrogens is 2. The average Bonchev–Trinajstić information content (AvgIpc) is 2.19. The molecule has 1 amide bonds. The number of carbonyl (C=O) groups is 1. The molecule has 3 N–H and O–H groups in total. The number of nitrogens with zero attached hydrogens (tertiary/aromatic N) is 2. The summed E-state index contributed by atoms with van der Waals surface area (Å²) < 4.78 is 1.52. The molecule has 76 valence electrons. The van der Waals surface area contributed by atoms with Crippen LogP contribution in [-0.2, 0) is 11.3 Å². The summed E-state index contributed by atoms with van der Waals surface area (Å²) in [6.45, 7) is 1.56. The lowest BCUT2D eigenvalue weighted by Crippen LogP contribution is -2.36. The van der Waals surface area contributed by atoms with Crippen LogP contribution in [0.2, 0.25) is 0 Å². The Morgan fingerprint density at radius 1 is 1.79 bits per heavy atom. The first-order chi connectivity index (χ1) is 6.56. The van der Waals surface area contributed by atoms with Crippen molar-refractivity contribution < 1.29 is 4.79 Å². The van der Waals surface area contributed by atoms with Crippen LogP contribution in [0.4, 0.5) is 0 Å². The molecule has 6 nitrogen and oxygen atoms in total. The predicted molar refractivity (Wildman–Crippen MR) is 53.3 cm³/mol. The van der Waals surface area contributed by atoms with Crippen molar-refractivity contribution in [3.63, 3.8) is 0 Å². The Labute approximate surface area is 88.2 Å². The molecular weight excluding hydrogens is 252 g/mol. The predicted octanol–water partition coefficient (Wildman–Crippen LogP) is -0.696. The summed E-state index contributed by atoms with van der Waals surface area (Å²) >= 11 is 3.08. The van der Waals surface area contributed by atoms with Crippen LogP contribution >= 0.6 is 15.9 Å². The van der Waals surface area contributed by atoms with Crippen molar-refractivity contribution >= 4 is 21.8 Å². The van der Waals surface area contributed by atoms with Crippen molar-refractivity contribution in [2.45, 2.75) is 13.5 Å². The first-order valence-electron chi connectivity index (χ1n) is 3.77. The van der Waals surface area contributed by atoms with Crippen LogP contribution in [0.15, 0.2) is 15.6 Å². The summed E-state index contributed by atoms with van der Waals surface area (Å²) in [7, 11) is 0. The lowest BCUT2D eigenvalue weighted by Gasteiger charge is -2.05. The summed E-state index contributed by atoms with van der Waals surface area (Å²) in [6, 6.07) is 0. The number of hydrogen-bond acceptors (Lipinski definition) is 4. The Morgan fingerprint density at radius 2 is 2.43 bits per heavy atom. The van der Waals surface area contributed by atoms with Gasteiger partial charge in [0.1, 0.15) is 11.0 Å². The lowest BCUT2D eigenvalue weighted by molar-refractivity contribution is -0.121. The lowest BCUT2D eigenvalue weighted by atomic mass is 10.4. The molecule has 0 saturated carbocycles. The van der Waals surface area contributed by atoms with E-state index >= 15 is 0 Å². The molecule has 1 aromatic rings. The Bertz CT molecular complexity index is 415. The fourth-order valence-electron chi connectivity index (χ4n) is 0.859. The SMILES string of the molecule is Cc1ncn(CC(=O)NN)c(=O)c1Br. The number of amides is 1. The number of carbonyl (C=O) groups excluding carboxylic acids is 1. The van der Waals surface area contributed by atoms with Crippen LogP contribution in [0.1, 0.15) is 5.69 Å². The maximum absolute atomic E-state index is 11.5. The van der Waals surface area contributed by atoms with Crippen molar-refractivity contribution in [1.29, 1.82) is 0 Å². The molecule has 0 radical (unpaired) electrons. The molecule has 1 aromatic heterocycles. The minimum Gasteiger partial charge on any atom is -0.293 e. The van der Waals surface area contributed by atoms with E-state index in [-0.39, 0.29) is 12.1 Å². The third-order valence-electron chi connectivity index (χ3n) is 1.63. The van der Waals surface area contributed by atoms with Crippen LogP contribution in [-0.4, -0.2) is 15.5 Å². The van der Waals surface area contributed by atoms with Crippen LogP contribution in [0.3, 0.4) is 0 Å². The van der Waals surface area contributed by atoms with Crippen LogP contribution in [0, 0.1) is 6.92 Å². The van der Waals surface area contributed by atoms with Crippen molar-refractivity contribution in [1.82, 2.24) is 15.0 Å². The quantitative estimate of drug-likeness (QED) is 0.418. The van der Waals surface area contributed by atoms with Gasteiger partial charge in [-0.2, -0.15) is 0 Å². The van der Waals surface area contributed by atoms with Crippen molar-refractivity contribution in [3.05, 3.63) is 26.8 Å². The summed E-state index contributed by atoms with van der Waals surface area (Å²) in [5.74, 6) is 4.44. The standard InChI is InChI=1S/C7H9BrN4O2/c1-4-6(8)7(14)12(3-10-4)2-5(13)11-9/h3H,2,9H2,1H3,(H,11,13). The molecule has 0 bridgehead atoms. The second-order valence-electron chi connectivity index (χ2n) is 2.64. The second kappa shape index (κ2) is 4.34. The van der Waals surface area contributed by atoms with E-state index < -0.39 is 5.91 Å². The molecule has 7 heteroatoms. The molecule has 0 saturated heterocycles. The fraction of sp³-hybridized carbons (Fsp3) is 0.286. The minimum absolute atomic E-state index is 0.138. The third-order valence-corrected chi connectivity index (χ3v) is 2.54. The first-order valence-corrected chi connectivity index (χ1v) is 4.56. The number of halogens is 1. The number of hydrogen-bond donors (Lipinski definition) is 2. The Hall–Kier alpha value is -1.21. The number of hydrazine groups is 1. The number of nitrogens with two attached hydrogens (primary N) is 1. The van der Waals surface area contributed by atoms with Crippen molar-refractivity contribution in [2.75, 3.05) is 0 Å². The zero-order valence-corrected chi connectivity index (χ0v) is 9.04. The van der Waals surface area contributed by atoms with Gasteiger partial charge in [0.15, 0.2) is 0 Å². The van der Waals surface area contributed by atoms with Crippen molar-refractivity contribution in [3.8, 4) is 0 Å². The monoisotopic (exact) mass is 260 g/mol. The van der Waals surface area contributed by atoms with Gasteiger partial charge in [-0.3, -0.25) is 19.6 Å². The van der Waals surface area contributed by atoms with E-state index in [1.54, 1.807) is 6.92 Å². The van der Waals surface area contributed by atoms with E-state index in [9.17, 15) is 9.59 Å². The maximum atomic E-state index is 11.5. The molecule has 0 unspecified atom stereocenters. The highest BCUT2D eigenvalue weighted by Gasteiger charge is 2.07. The fourth-order valence-corrected chi connectivity index (χ4v) is 1.19. The smallest absolute Gasteiger partial charge is 0.268 e. The molecule has 1 heterocycles. The van der Waals surface area contributed by atoms with Crippen LogP contribution in [0.5, 0.6) is 0 Å². The highest BCUT2D eigenvalue weighted by molar-refractivity contribution is 9.10. The van der Waals surface area contributed by atoms with Gasteiger partial charge in [-0.05, 0) is 22.9 Å². The zero-order chi connectivity index (χ0) is 10.7. The Balaban J connectivity index is 3.06. The number of nitrogens with one attached hydrogen (secondary N) is 1. The molecule has 1 rings (SSSR count). The average molecular weight is 261 g/mol. The third kappa shape index (κ3) is 2.18. The first kappa shape index (κ1) is 10.9. The van der Waals surface area contributed by atoms with Crippen LogP contribution in [0.25, 0.3) is 0 Å². The summed E-state index contributed by atoms with van der Waals surface area (Å²) in [5, 5.41) is 0. The molecule has 0 fully saturated rings. The van der Waals surface area contributed by atoms with E-state index in [4.69, 9.17) is 5.84 Å². The van der Waals surface area contributed by atoms with E-state index in [2.05, 4.69) is 20.9 Å². The Morgan fingerprint density at radius 3 is 3.00 bits per heavy atom. The van der Waals surface area contributed by atoms with E-state index in [1.165, 1.54) is 10.9 Å². The normalized spacial score (nSPS) is 9.93. The second-order valence-corrected chi connectivity index (χ2v) is 3.44. The molecular formula is C7H9BrN4O2. The molecule has 0 aromatic carbocycles. The van der Waals surface area contributed by atoms with Gasteiger partial charge < -0.3 is 0 Å². The van der Waals surface area contributed by atoms with Gasteiger partial charge in [-0.15, -0.1) is 0 Å². The largest absolute Gasteiger partial charge is 0.293 e. The van der Waals surface area contributed by atoms with Gasteiger partial charge in [-0.25, -0.2) is 10.8 Å². The van der Waals surface area contributed by atoms with Gasteiger partial charge in [0, 0.05) is 0 Å². The minimum atomic E-state index is -0.454. The summed E-state index contributed by atoms with van der Waals surface area (Å²) in [4.78, 5) is 26.3. The summed E-state index contributed by atoms with van der Waals surface area (Å²) in [5.41, 5.74) is 2.21. The van der Waals surface area contributed by atoms with Crippen molar-refractivity contribution in [2.24, 2.45) is 5.84 Å². The van der Waals surface area contributed by atoms with Gasteiger partial charge >= 0.3 is 0 Å². The number of rotatable bonds is 2. The van der Waals surface area contributed by atoms with E-state index in [0.29, 0.717) is 10.2 Å². The topological polar surface area (TPSA) is 90.0 Å². The Kier molecular flexibility index (Phi) is 3.37. The van der Waals surface area contributed by atoms with Gasteiger partial charge in [0.2, 0.25) is 0 Å². The number of aryl methyl sites for hydroxylation is 1. The van der Waals surface area contributed by atoms with E-state index in [1.807, 2.05) is 5.43 Å². The van der Waals surface area contributed by atoms with Gasteiger partial charge in [0.25, 0.3) is 11.5 Å². The molecule has 0 aliphatic rings. The molecule has 0 aliphatic carbocycles. The molecule has 0 spiro atoms. The molecule has 0 atom stereocenters. The van der Waals surface area contributed by atoms with Gasteiger partial charge in [0.05, 0.1) is 12.0 Å². The van der Waals surface area contributed by atoms with E-state index in [0.717, 1.165) is 0 Å². The maximum Gasteiger partial charge on any atom is 0.268 e. The highest BCUT2D eigenvalue weighted by Crippen LogP contribution is 2.05. The summed E-state index contributed by atoms with van der Waals surface area (Å²) in [6.07, 6.45) is 1.30. The molecule has 0 aliphatic heterocycles.